The van der Waals surface area contributed by atoms with Gasteiger partial charge < -0.3 is 16.0 Å². The zero-order chi connectivity index (χ0) is 16.9. The van der Waals surface area contributed by atoms with Gasteiger partial charge in [-0.25, -0.2) is 4.98 Å². The second-order valence-corrected chi connectivity index (χ2v) is 5.82. The van der Waals surface area contributed by atoms with Gasteiger partial charge in [0.05, 0.1) is 11.9 Å². The number of likely N-dealkylation sites (tertiary alicyclic amines) is 1. The molecule has 132 valence electrons. The minimum absolute atomic E-state index is 0. The van der Waals surface area contributed by atoms with Crippen molar-refractivity contribution in [2.45, 2.75) is 25.3 Å². The van der Waals surface area contributed by atoms with Crippen LogP contribution in [0.2, 0.25) is 0 Å². The maximum Gasteiger partial charge on any atom is 0.251 e. The molecule has 2 amide bonds. The molecule has 1 aliphatic rings. The zero-order valence-electron chi connectivity index (χ0n) is 13.7. The highest BCUT2D eigenvalue weighted by Gasteiger charge is 2.32. The number of carbonyl (C=O) groups is 2. The van der Waals surface area contributed by atoms with Crippen LogP contribution in [0.1, 0.15) is 30.9 Å². The number of nitrogen functional groups attached to an aromatic ring is 1. The van der Waals surface area contributed by atoms with Gasteiger partial charge in [-0.3, -0.25) is 9.59 Å². The highest BCUT2D eigenvalue weighted by molar-refractivity contribution is 5.98. The Labute approximate surface area is 152 Å². The molecular formula is C18H21ClN4O2. The van der Waals surface area contributed by atoms with Crippen LogP contribution in [-0.2, 0) is 9.59 Å². The molecule has 3 rings (SSSR count). The maximum atomic E-state index is 12.9. The number of piperidine rings is 1. The number of rotatable bonds is 4. The van der Waals surface area contributed by atoms with Crippen LogP contribution in [-0.4, -0.2) is 28.2 Å². The van der Waals surface area contributed by atoms with E-state index in [2.05, 4.69) is 10.3 Å². The summed E-state index contributed by atoms with van der Waals surface area (Å²) in [7, 11) is 0. The van der Waals surface area contributed by atoms with E-state index in [-0.39, 0.29) is 24.2 Å². The lowest BCUT2D eigenvalue weighted by Crippen LogP contribution is -2.43. The number of nitrogens with two attached hydrogens (primary N) is 1. The summed E-state index contributed by atoms with van der Waals surface area (Å²) in [6, 6.07) is 12.0. The molecule has 6 nitrogen and oxygen atoms in total. The van der Waals surface area contributed by atoms with Crippen LogP contribution in [0.15, 0.2) is 48.7 Å². The lowest BCUT2D eigenvalue weighted by atomic mass is 10.0. The minimum atomic E-state index is -0.642. The second kappa shape index (κ2) is 8.48. The quantitative estimate of drug-likeness (QED) is 0.877. The van der Waals surface area contributed by atoms with Gasteiger partial charge in [0, 0.05) is 13.0 Å². The van der Waals surface area contributed by atoms with E-state index in [4.69, 9.17) is 5.73 Å². The molecule has 1 aromatic carbocycles. The summed E-state index contributed by atoms with van der Waals surface area (Å²) in [6.07, 6.45) is 3.78. The van der Waals surface area contributed by atoms with Crippen molar-refractivity contribution in [2.75, 3.05) is 17.6 Å². The predicted octanol–water partition coefficient (Wildman–Crippen LogP) is 2.78. The highest BCUT2D eigenvalue weighted by atomic mass is 35.5. The summed E-state index contributed by atoms with van der Waals surface area (Å²) in [6.45, 7) is 0.589. The standard InChI is InChI=1S/C18H20N4O2.ClH/c19-15-10-9-14(12-20-15)21-18(24)17(13-6-2-1-3-7-13)22-11-5-4-8-16(22)23;/h1-3,6-7,9-10,12,17H,4-5,8,11H2,(H2,19,20)(H,21,24);1H. The molecular weight excluding hydrogens is 340 g/mol. The van der Waals surface area contributed by atoms with Crippen LogP contribution in [0.4, 0.5) is 11.5 Å². The molecule has 1 fully saturated rings. The summed E-state index contributed by atoms with van der Waals surface area (Å²) in [5.74, 6) is 0.155. The van der Waals surface area contributed by atoms with Crippen LogP contribution in [0, 0.1) is 0 Å². The second-order valence-electron chi connectivity index (χ2n) is 5.82. The van der Waals surface area contributed by atoms with Crippen molar-refractivity contribution < 1.29 is 9.59 Å². The van der Waals surface area contributed by atoms with Crippen LogP contribution in [0.3, 0.4) is 0 Å². The largest absolute Gasteiger partial charge is 0.384 e. The molecule has 1 unspecified atom stereocenters. The number of halogens is 1. The molecule has 1 saturated heterocycles. The van der Waals surface area contributed by atoms with Crippen LogP contribution < -0.4 is 11.1 Å². The number of benzene rings is 1. The van der Waals surface area contributed by atoms with Crippen LogP contribution >= 0.6 is 12.4 Å². The fraction of sp³-hybridized carbons (Fsp3) is 0.278. The number of anilines is 2. The number of nitrogens with one attached hydrogen (secondary N) is 1. The molecule has 0 bridgehead atoms. The van der Waals surface area contributed by atoms with E-state index in [1.54, 1.807) is 17.0 Å². The van der Waals surface area contributed by atoms with Gasteiger partial charge in [0.15, 0.2) is 0 Å². The van der Waals surface area contributed by atoms with Crippen LogP contribution in [0.25, 0.3) is 0 Å². The van der Waals surface area contributed by atoms with Crippen LogP contribution in [0.5, 0.6) is 0 Å². The van der Waals surface area contributed by atoms with Crippen molar-refractivity contribution in [3.8, 4) is 0 Å². The van der Waals surface area contributed by atoms with Crippen molar-refractivity contribution in [3.63, 3.8) is 0 Å². The van der Waals surface area contributed by atoms with Crippen molar-refractivity contribution in [1.82, 2.24) is 9.88 Å². The number of hydrogen-bond acceptors (Lipinski definition) is 4. The van der Waals surface area contributed by atoms with Crippen molar-refractivity contribution in [1.29, 1.82) is 0 Å². The Morgan fingerprint density at radius 1 is 1.16 bits per heavy atom. The van der Waals surface area contributed by atoms with Crippen molar-refractivity contribution >= 4 is 35.7 Å². The van der Waals surface area contributed by atoms with E-state index in [0.29, 0.717) is 24.5 Å². The molecule has 1 atom stereocenters. The van der Waals surface area contributed by atoms with Gasteiger partial charge >= 0.3 is 0 Å². The normalized spacial score (nSPS) is 15.2. The van der Waals surface area contributed by atoms with Crippen molar-refractivity contribution in [3.05, 3.63) is 54.2 Å². The number of hydrogen-bond donors (Lipinski definition) is 2. The molecule has 0 radical (unpaired) electrons. The average Bonchev–Trinajstić information content (AvgIpc) is 2.60. The summed E-state index contributed by atoms with van der Waals surface area (Å²) in [4.78, 5) is 30.8. The molecule has 0 spiro atoms. The van der Waals surface area contributed by atoms with E-state index < -0.39 is 6.04 Å². The Balaban J connectivity index is 0.00000225. The van der Waals surface area contributed by atoms with E-state index in [1.807, 2.05) is 30.3 Å². The number of pyridine rings is 1. The number of carbonyl (C=O) groups excluding carboxylic acids is 2. The molecule has 0 aliphatic carbocycles. The first-order chi connectivity index (χ1) is 11.6. The first-order valence-corrected chi connectivity index (χ1v) is 8.02. The highest BCUT2D eigenvalue weighted by Crippen LogP contribution is 2.27. The van der Waals surface area contributed by atoms with E-state index in [1.165, 1.54) is 6.20 Å². The van der Waals surface area contributed by atoms with Gasteiger partial charge in [0.25, 0.3) is 5.91 Å². The molecule has 25 heavy (non-hydrogen) atoms. The van der Waals surface area contributed by atoms with Gasteiger partial charge in [0.2, 0.25) is 5.91 Å². The zero-order valence-corrected chi connectivity index (χ0v) is 14.5. The summed E-state index contributed by atoms with van der Waals surface area (Å²) < 4.78 is 0. The third-order valence-corrected chi connectivity index (χ3v) is 4.09. The van der Waals surface area contributed by atoms with Crippen molar-refractivity contribution in [2.24, 2.45) is 0 Å². The SMILES string of the molecule is Cl.Nc1ccc(NC(=O)C(c2ccccc2)N2CCCCC2=O)cn1. The smallest absolute Gasteiger partial charge is 0.251 e. The molecule has 0 saturated carbocycles. The van der Waals surface area contributed by atoms with Gasteiger partial charge in [-0.15, -0.1) is 12.4 Å². The van der Waals surface area contributed by atoms with E-state index in [0.717, 1.165) is 18.4 Å². The third-order valence-electron chi connectivity index (χ3n) is 4.09. The Hall–Kier alpha value is -2.60. The number of amides is 2. The molecule has 1 aromatic heterocycles. The molecule has 3 N–H and O–H groups in total. The Morgan fingerprint density at radius 3 is 2.56 bits per heavy atom. The van der Waals surface area contributed by atoms with Gasteiger partial charge in [-0.1, -0.05) is 30.3 Å². The molecule has 2 heterocycles. The van der Waals surface area contributed by atoms with Gasteiger partial charge in [-0.2, -0.15) is 0 Å². The average molecular weight is 361 g/mol. The maximum absolute atomic E-state index is 12.9. The monoisotopic (exact) mass is 360 g/mol. The number of nitrogens with zero attached hydrogens (tertiary/aromatic N) is 2. The Kier molecular flexibility index (Phi) is 6.36. The summed E-state index contributed by atoms with van der Waals surface area (Å²) >= 11 is 0. The van der Waals surface area contributed by atoms with Gasteiger partial charge in [-0.05, 0) is 30.5 Å². The first-order valence-electron chi connectivity index (χ1n) is 8.02. The van der Waals surface area contributed by atoms with Gasteiger partial charge in [0.1, 0.15) is 11.9 Å². The lowest BCUT2D eigenvalue weighted by molar-refractivity contribution is -0.141. The minimum Gasteiger partial charge on any atom is -0.384 e. The lowest BCUT2D eigenvalue weighted by Gasteiger charge is -2.34. The summed E-state index contributed by atoms with van der Waals surface area (Å²) in [5, 5.41) is 2.83. The van der Waals surface area contributed by atoms with E-state index >= 15 is 0 Å². The Bertz CT molecular complexity index is 722. The third kappa shape index (κ3) is 4.48. The predicted molar refractivity (Wildman–Crippen MR) is 99.3 cm³/mol. The topological polar surface area (TPSA) is 88.3 Å². The Morgan fingerprint density at radius 2 is 1.92 bits per heavy atom. The fourth-order valence-electron chi connectivity index (χ4n) is 2.90. The molecule has 2 aromatic rings. The molecule has 7 heteroatoms. The molecule has 1 aliphatic heterocycles. The first kappa shape index (κ1) is 18.7. The number of aromatic nitrogens is 1. The fourth-order valence-corrected chi connectivity index (χ4v) is 2.90. The van der Waals surface area contributed by atoms with E-state index in [9.17, 15) is 9.59 Å². The summed E-state index contributed by atoms with van der Waals surface area (Å²) in [5.41, 5.74) is 6.92.